The highest BCUT2D eigenvalue weighted by Gasteiger charge is 2.12. The predicted molar refractivity (Wildman–Crippen MR) is 75.5 cm³/mol. The Balaban J connectivity index is 1.81. The summed E-state index contributed by atoms with van der Waals surface area (Å²) >= 11 is 1.57. The topological polar surface area (TPSA) is 41.1 Å². The van der Waals surface area contributed by atoms with Gasteiger partial charge >= 0.3 is 0 Å². The fourth-order valence-corrected chi connectivity index (χ4v) is 2.74. The monoisotopic (exact) mass is 258 g/mol. The SMILES string of the molecule is O=C(Nc1ccsc1)c1ccc2c(c1)CCCN2. The largest absolute Gasteiger partial charge is 0.385 e. The van der Waals surface area contributed by atoms with Crippen molar-refractivity contribution in [3.63, 3.8) is 0 Å². The van der Waals surface area contributed by atoms with Crippen molar-refractivity contribution in [2.24, 2.45) is 0 Å². The maximum Gasteiger partial charge on any atom is 0.255 e. The van der Waals surface area contributed by atoms with Crippen LogP contribution in [0.2, 0.25) is 0 Å². The van der Waals surface area contributed by atoms with Gasteiger partial charge in [-0.1, -0.05) is 0 Å². The van der Waals surface area contributed by atoms with E-state index in [9.17, 15) is 4.79 Å². The van der Waals surface area contributed by atoms with Gasteiger partial charge in [0.2, 0.25) is 0 Å². The zero-order valence-electron chi connectivity index (χ0n) is 9.90. The van der Waals surface area contributed by atoms with Crippen LogP contribution in [0, 0.1) is 0 Å². The number of thiophene rings is 1. The first-order valence-corrected chi connectivity index (χ1v) is 6.97. The van der Waals surface area contributed by atoms with Crippen molar-refractivity contribution in [2.45, 2.75) is 12.8 Å². The summed E-state index contributed by atoms with van der Waals surface area (Å²) in [7, 11) is 0. The van der Waals surface area contributed by atoms with Crippen LogP contribution >= 0.6 is 11.3 Å². The number of anilines is 2. The summed E-state index contributed by atoms with van der Waals surface area (Å²) in [5.41, 5.74) is 3.98. The summed E-state index contributed by atoms with van der Waals surface area (Å²) in [6, 6.07) is 7.77. The first kappa shape index (κ1) is 11.3. The van der Waals surface area contributed by atoms with Crippen LogP contribution in [0.25, 0.3) is 0 Å². The van der Waals surface area contributed by atoms with E-state index in [1.165, 1.54) is 5.56 Å². The molecule has 0 spiro atoms. The molecule has 3 nitrogen and oxygen atoms in total. The van der Waals surface area contributed by atoms with Crippen LogP contribution in [0.4, 0.5) is 11.4 Å². The predicted octanol–water partition coefficient (Wildman–Crippen LogP) is 3.36. The normalized spacial score (nSPS) is 13.6. The van der Waals surface area contributed by atoms with Crippen molar-refractivity contribution in [2.75, 3.05) is 17.2 Å². The Morgan fingerprint density at radius 2 is 2.28 bits per heavy atom. The third-order valence-electron chi connectivity index (χ3n) is 3.08. The van der Waals surface area contributed by atoms with E-state index in [4.69, 9.17) is 0 Å². The van der Waals surface area contributed by atoms with Gasteiger partial charge in [0.15, 0.2) is 0 Å². The number of nitrogens with one attached hydrogen (secondary N) is 2. The van der Waals surface area contributed by atoms with Crippen molar-refractivity contribution in [1.29, 1.82) is 0 Å². The highest BCUT2D eigenvalue weighted by atomic mass is 32.1. The van der Waals surface area contributed by atoms with Gasteiger partial charge in [0.25, 0.3) is 5.91 Å². The number of aryl methyl sites for hydroxylation is 1. The number of rotatable bonds is 2. The van der Waals surface area contributed by atoms with Gasteiger partial charge in [0, 0.05) is 23.2 Å². The van der Waals surface area contributed by atoms with Gasteiger partial charge in [-0.05, 0) is 48.1 Å². The molecule has 0 saturated heterocycles. The summed E-state index contributed by atoms with van der Waals surface area (Å²) < 4.78 is 0. The van der Waals surface area contributed by atoms with Crippen molar-refractivity contribution in [3.05, 3.63) is 46.2 Å². The number of carbonyl (C=O) groups is 1. The fraction of sp³-hybridized carbons (Fsp3) is 0.214. The van der Waals surface area contributed by atoms with E-state index >= 15 is 0 Å². The van der Waals surface area contributed by atoms with Gasteiger partial charge < -0.3 is 10.6 Å². The molecule has 0 saturated carbocycles. The molecule has 1 aromatic heterocycles. The molecular formula is C14H14N2OS. The molecular weight excluding hydrogens is 244 g/mol. The molecule has 2 heterocycles. The van der Waals surface area contributed by atoms with Crippen molar-refractivity contribution in [3.8, 4) is 0 Å². The Morgan fingerprint density at radius 1 is 1.33 bits per heavy atom. The van der Waals surface area contributed by atoms with Gasteiger partial charge in [-0.25, -0.2) is 0 Å². The van der Waals surface area contributed by atoms with Crippen LogP contribution in [0.15, 0.2) is 35.0 Å². The second-order valence-corrected chi connectivity index (χ2v) is 5.15. The first-order chi connectivity index (χ1) is 8.83. The lowest BCUT2D eigenvalue weighted by Gasteiger charge is -2.18. The standard InChI is InChI=1S/C14H14N2OS/c17-14(16-12-5-7-18-9-12)11-3-4-13-10(8-11)2-1-6-15-13/h3-5,7-9,15H,1-2,6H2,(H,16,17). The average molecular weight is 258 g/mol. The Kier molecular flexibility index (Phi) is 3.02. The molecule has 0 radical (unpaired) electrons. The molecule has 4 heteroatoms. The molecule has 1 amide bonds. The second kappa shape index (κ2) is 4.82. The van der Waals surface area contributed by atoms with Crippen LogP contribution in [-0.2, 0) is 6.42 Å². The van der Waals surface area contributed by atoms with Crippen molar-refractivity contribution < 1.29 is 4.79 Å². The van der Waals surface area contributed by atoms with E-state index in [1.807, 2.05) is 35.0 Å². The maximum atomic E-state index is 12.1. The fourth-order valence-electron chi connectivity index (χ4n) is 2.15. The molecule has 2 N–H and O–H groups in total. The molecule has 0 fully saturated rings. The Labute approximate surface area is 110 Å². The van der Waals surface area contributed by atoms with Crippen molar-refractivity contribution >= 4 is 28.6 Å². The molecule has 2 aromatic rings. The molecule has 1 aliphatic heterocycles. The zero-order chi connectivity index (χ0) is 12.4. The van der Waals surface area contributed by atoms with Gasteiger partial charge in [-0.3, -0.25) is 4.79 Å². The minimum atomic E-state index is -0.0400. The van der Waals surface area contributed by atoms with E-state index in [0.29, 0.717) is 0 Å². The number of benzene rings is 1. The Hall–Kier alpha value is -1.81. The van der Waals surface area contributed by atoms with E-state index in [2.05, 4.69) is 10.6 Å². The highest BCUT2D eigenvalue weighted by molar-refractivity contribution is 7.08. The summed E-state index contributed by atoms with van der Waals surface area (Å²) in [5, 5.41) is 10.1. The van der Waals surface area contributed by atoms with E-state index in [0.717, 1.165) is 36.3 Å². The molecule has 0 bridgehead atoms. The lowest BCUT2D eigenvalue weighted by atomic mass is 10.0. The summed E-state index contributed by atoms with van der Waals surface area (Å²) in [6.45, 7) is 1.02. The quantitative estimate of drug-likeness (QED) is 0.867. The van der Waals surface area contributed by atoms with Crippen LogP contribution in [0.3, 0.4) is 0 Å². The molecule has 92 valence electrons. The van der Waals surface area contributed by atoms with Crippen LogP contribution < -0.4 is 10.6 Å². The van der Waals surface area contributed by atoms with E-state index in [-0.39, 0.29) is 5.91 Å². The van der Waals surface area contributed by atoms with E-state index in [1.54, 1.807) is 11.3 Å². The Bertz CT molecular complexity index is 563. The summed E-state index contributed by atoms with van der Waals surface area (Å²) in [5.74, 6) is -0.0400. The van der Waals surface area contributed by atoms with Crippen LogP contribution in [0.5, 0.6) is 0 Å². The van der Waals surface area contributed by atoms with Crippen molar-refractivity contribution in [1.82, 2.24) is 0 Å². The summed E-state index contributed by atoms with van der Waals surface area (Å²) in [4.78, 5) is 12.1. The van der Waals surface area contributed by atoms with Gasteiger partial charge in [-0.2, -0.15) is 11.3 Å². The number of hydrogen-bond donors (Lipinski definition) is 2. The third kappa shape index (κ3) is 2.24. The Morgan fingerprint density at radius 3 is 3.11 bits per heavy atom. The van der Waals surface area contributed by atoms with Gasteiger partial charge in [-0.15, -0.1) is 0 Å². The van der Waals surface area contributed by atoms with E-state index < -0.39 is 0 Å². The smallest absolute Gasteiger partial charge is 0.255 e. The van der Waals surface area contributed by atoms with Gasteiger partial charge in [0.1, 0.15) is 0 Å². The van der Waals surface area contributed by atoms with Gasteiger partial charge in [0.05, 0.1) is 5.69 Å². The molecule has 1 aromatic carbocycles. The molecule has 0 unspecified atom stereocenters. The minimum absolute atomic E-state index is 0.0400. The highest BCUT2D eigenvalue weighted by Crippen LogP contribution is 2.23. The third-order valence-corrected chi connectivity index (χ3v) is 3.77. The van der Waals surface area contributed by atoms with Crippen LogP contribution in [-0.4, -0.2) is 12.5 Å². The lowest BCUT2D eigenvalue weighted by molar-refractivity contribution is 0.102. The molecule has 3 rings (SSSR count). The number of amides is 1. The molecule has 0 aliphatic carbocycles. The average Bonchev–Trinajstić information content (AvgIpc) is 2.91. The number of carbonyl (C=O) groups excluding carboxylic acids is 1. The number of fused-ring (bicyclic) bond motifs is 1. The number of hydrogen-bond acceptors (Lipinski definition) is 3. The second-order valence-electron chi connectivity index (χ2n) is 4.37. The first-order valence-electron chi connectivity index (χ1n) is 6.03. The molecule has 0 atom stereocenters. The lowest BCUT2D eigenvalue weighted by Crippen LogP contribution is -2.15. The minimum Gasteiger partial charge on any atom is -0.385 e. The molecule has 18 heavy (non-hydrogen) atoms. The molecule has 1 aliphatic rings. The van der Waals surface area contributed by atoms with Crippen LogP contribution in [0.1, 0.15) is 22.3 Å². The maximum absolute atomic E-state index is 12.1. The zero-order valence-corrected chi connectivity index (χ0v) is 10.7. The summed E-state index contributed by atoms with van der Waals surface area (Å²) in [6.07, 6.45) is 2.17.